The van der Waals surface area contributed by atoms with Crippen LogP contribution in [0.5, 0.6) is 11.5 Å². The third-order valence-electron chi connectivity index (χ3n) is 4.79. The first-order valence-corrected chi connectivity index (χ1v) is 9.77. The van der Waals surface area contributed by atoms with Gasteiger partial charge in [-0.2, -0.15) is 0 Å². The van der Waals surface area contributed by atoms with E-state index in [1.54, 1.807) is 19.2 Å². The van der Waals surface area contributed by atoms with Crippen molar-refractivity contribution in [1.29, 1.82) is 0 Å². The topological polar surface area (TPSA) is 68.8 Å². The Labute approximate surface area is 166 Å². The zero-order valence-electron chi connectivity index (χ0n) is 16.7. The number of halogens is 1. The summed E-state index contributed by atoms with van der Waals surface area (Å²) in [6, 6.07) is 3.29. The Morgan fingerprint density at radius 2 is 2.00 bits per heavy atom. The van der Waals surface area contributed by atoms with E-state index in [1.807, 2.05) is 0 Å². The van der Waals surface area contributed by atoms with Crippen molar-refractivity contribution in [3.05, 3.63) is 22.7 Å². The molecule has 0 aliphatic carbocycles. The maximum Gasteiger partial charge on any atom is 0.251 e. The van der Waals surface area contributed by atoms with Gasteiger partial charge in [0, 0.05) is 24.6 Å². The van der Waals surface area contributed by atoms with E-state index in [9.17, 15) is 4.79 Å². The Morgan fingerprint density at radius 1 is 1.30 bits per heavy atom. The van der Waals surface area contributed by atoms with Crippen LogP contribution in [0.4, 0.5) is 0 Å². The molecule has 0 unspecified atom stereocenters. The SMILES string of the molecule is COCC1(CNC(=O)c2cc(Cl)c(OCC(C)C)c(OC)c2)CCNCC1. The van der Waals surface area contributed by atoms with E-state index in [2.05, 4.69) is 24.5 Å². The zero-order chi connectivity index (χ0) is 19.9. The second kappa shape index (κ2) is 10.2. The molecule has 1 saturated heterocycles. The van der Waals surface area contributed by atoms with Crippen LogP contribution in [-0.2, 0) is 4.74 Å². The minimum atomic E-state index is -0.181. The quantitative estimate of drug-likeness (QED) is 0.668. The van der Waals surface area contributed by atoms with Crippen molar-refractivity contribution in [2.45, 2.75) is 26.7 Å². The van der Waals surface area contributed by atoms with Crippen LogP contribution in [0.2, 0.25) is 5.02 Å². The second-order valence-corrected chi connectivity index (χ2v) is 7.97. The summed E-state index contributed by atoms with van der Waals surface area (Å²) < 4.78 is 16.5. The fraction of sp³-hybridized carbons (Fsp3) is 0.650. The Morgan fingerprint density at radius 3 is 2.59 bits per heavy atom. The summed E-state index contributed by atoms with van der Waals surface area (Å²) in [5.41, 5.74) is 0.416. The number of amides is 1. The smallest absolute Gasteiger partial charge is 0.251 e. The van der Waals surface area contributed by atoms with E-state index in [0.29, 0.717) is 47.8 Å². The van der Waals surface area contributed by atoms with Crippen LogP contribution in [0.1, 0.15) is 37.0 Å². The first kappa shape index (κ1) is 21.8. The van der Waals surface area contributed by atoms with Gasteiger partial charge in [-0.15, -0.1) is 0 Å². The molecule has 0 atom stereocenters. The van der Waals surface area contributed by atoms with Crippen molar-refractivity contribution in [3.63, 3.8) is 0 Å². The van der Waals surface area contributed by atoms with Gasteiger partial charge < -0.3 is 24.8 Å². The van der Waals surface area contributed by atoms with E-state index < -0.39 is 0 Å². The summed E-state index contributed by atoms with van der Waals surface area (Å²) >= 11 is 6.35. The summed E-state index contributed by atoms with van der Waals surface area (Å²) in [5.74, 6) is 1.11. The van der Waals surface area contributed by atoms with Crippen molar-refractivity contribution in [3.8, 4) is 11.5 Å². The Balaban J connectivity index is 2.10. The highest BCUT2D eigenvalue weighted by Gasteiger charge is 2.32. The summed E-state index contributed by atoms with van der Waals surface area (Å²) in [5, 5.41) is 6.76. The molecule has 27 heavy (non-hydrogen) atoms. The van der Waals surface area contributed by atoms with Gasteiger partial charge in [0.05, 0.1) is 25.3 Å². The van der Waals surface area contributed by atoms with Crippen LogP contribution in [-0.4, -0.2) is 53.0 Å². The van der Waals surface area contributed by atoms with Crippen LogP contribution >= 0.6 is 11.6 Å². The number of piperidine rings is 1. The number of carbonyl (C=O) groups is 1. The molecule has 1 aliphatic heterocycles. The summed E-state index contributed by atoms with van der Waals surface area (Å²) in [4.78, 5) is 12.7. The van der Waals surface area contributed by atoms with Gasteiger partial charge in [-0.25, -0.2) is 0 Å². The number of ether oxygens (including phenoxy) is 3. The second-order valence-electron chi connectivity index (χ2n) is 7.56. The molecule has 2 N–H and O–H groups in total. The molecule has 6 nitrogen and oxygen atoms in total. The number of rotatable bonds is 9. The minimum absolute atomic E-state index is 0.0378. The molecule has 152 valence electrons. The first-order chi connectivity index (χ1) is 12.9. The molecular formula is C20H31ClN2O4. The monoisotopic (exact) mass is 398 g/mol. The van der Waals surface area contributed by atoms with Crippen molar-refractivity contribution in [1.82, 2.24) is 10.6 Å². The number of carbonyl (C=O) groups excluding carboxylic acids is 1. The van der Waals surface area contributed by atoms with Gasteiger partial charge in [-0.1, -0.05) is 25.4 Å². The summed E-state index contributed by atoms with van der Waals surface area (Å²) in [6.07, 6.45) is 1.93. The Kier molecular flexibility index (Phi) is 8.20. The van der Waals surface area contributed by atoms with Crippen LogP contribution in [0, 0.1) is 11.3 Å². The molecule has 0 bridgehead atoms. The van der Waals surface area contributed by atoms with E-state index in [4.69, 9.17) is 25.8 Å². The molecule has 1 aliphatic rings. The van der Waals surface area contributed by atoms with Gasteiger partial charge in [0.1, 0.15) is 0 Å². The predicted octanol–water partition coefficient (Wildman–Crippen LogP) is 3.13. The molecule has 2 rings (SSSR count). The fourth-order valence-electron chi connectivity index (χ4n) is 3.25. The Hall–Kier alpha value is -1.50. The minimum Gasteiger partial charge on any atom is -0.493 e. The highest BCUT2D eigenvalue weighted by atomic mass is 35.5. The van der Waals surface area contributed by atoms with Gasteiger partial charge in [-0.3, -0.25) is 4.79 Å². The number of benzene rings is 1. The molecule has 0 saturated carbocycles. The molecule has 7 heteroatoms. The number of hydrogen-bond acceptors (Lipinski definition) is 5. The number of methoxy groups -OCH3 is 2. The molecule has 0 aromatic heterocycles. The van der Waals surface area contributed by atoms with Gasteiger partial charge in [0.25, 0.3) is 5.91 Å². The molecular weight excluding hydrogens is 368 g/mol. The van der Waals surface area contributed by atoms with E-state index >= 15 is 0 Å². The van der Waals surface area contributed by atoms with Crippen LogP contribution in [0.3, 0.4) is 0 Å². The predicted molar refractivity (Wildman–Crippen MR) is 107 cm³/mol. The molecule has 0 spiro atoms. The molecule has 1 heterocycles. The third-order valence-corrected chi connectivity index (χ3v) is 5.07. The highest BCUT2D eigenvalue weighted by molar-refractivity contribution is 6.32. The molecule has 1 amide bonds. The lowest BCUT2D eigenvalue weighted by molar-refractivity contribution is 0.0511. The number of nitrogens with one attached hydrogen (secondary N) is 2. The van der Waals surface area contributed by atoms with Crippen molar-refractivity contribution in [2.75, 3.05) is 47.1 Å². The van der Waals surface area contributed by atoms with Crippen molar-refractivity contribution >= 4 is 17.5 Å². The van der Waals surface area contributed by atoms with E-state index in [1.165, 1.54) is 7.11 Å². The van der Waals surface area contributed by atoms with Gasteiger partial charge in [0.2, 0.25) is 0 Å². The maximum atomic E-state index is 12.7. The lowest BCUT2D eigenvalue weighted by Crippen LogP contribution is -2.47. The molecule has 1 fully saturated rings. The fourth-order valence-corrected chi connectivity index (χ4v) is 3.51. The van der Waals surface area contributed by atoms with Crippen LogP contribution in [0.15, 0.2) is 12.1 Å². The largest absolute Gasteiger partial charge is 0.493 e. The molecule has 0 radical (unpaired) electrons. The maximum absolute atomic E-state index is 12.7. The Bertz CT molecular complexity index is 625. The standard InChI is InChI=1S/C20H31ClN2O4/c1-14(2)11-27-18-16(21)9-15(10-17(18)26-4)19(24)23-12-20(13-25-3)5-7-22-8-6-20/h9-10,14,22H,5-8,11-13H2,1-4H3,(H,23,24). The first-order valence-electron chi connectivity index (χ1n) is 9.39. The highest BCUT2D eigenvalue weighted by Crippen LogP contribution is 2.37. The zero-order valence-corrected chi connectivity index (χ0v) is 17.4. The lowest BCUT2D eigenvalue weighted by Gasteiger charge is -2.37. The normalized spacial score (nSPS) is 16.2. The van der Waals surface area contributed by atoms with Crippen molar-refractivity contribution < 1.29 is 19.0 Å². The van der Waals surface area contributed by atoms with Crippen LogP contribution in [0.25, 0.3) is 0 Å². The van der Waals surface area contributed by atoms with Gasteiger partial charge in [0.15, 0.2) is 11.5 Å². The summed E-state index contributed by atoms with van der Waals surface area (Å²) in [7, 11) is 3.24. The summed E-state index contributed by atoms with van der Waals surface area (Å²) in [6.45, 7) is 7.68. The average Bonchev–Trinajstić information content (AvgIpc) is 2.65. The number of hydrogen-bond donors (Lipinski definition) is 2. The lowest BCUT2D eigenvalue weighted by atomic mass is 9.79. The molecule has 1 aromatic carbocycles. The van der Waals surface area contributed by atoms with Crippen LogP contribution < -0.4 is 20.1 Å². The van der Waals surface area contributed by atoms with Crippen molar-refractivity contribution in [2.24, 2.45) is 11.3 Å². The molecule has 1 aromatic rings. The van der Waals surface area contributed by atoms with E-state index in [-0.39, 0.29) is 11.3 Å². The average molecular weight is 399 g/mol. The van der Waals surface area contributed by atoms with Gasteiger partial charge in [-0.05, 0) is 44.0 Å². The van der Waals surface area contributed by atoms with Gasteiger partial charge >= 0.3 is 0 Å². The van der Waals surface area contributed by atoms with E-state index in [0.717, 1.165) is 25.9 Å². The third kappa shape index (κ3) is 5.99.